The summed E-state index contributed by atoms with van der Waals surface area (Å²) in [5, 5.41) is 5.72. The van der Waals surface area contributed by atoms with Crippen molar-refractivity contribution in [2.24, 2.45) is 5.92 Å². The van der Waals surface area contributed by atoms with E-state index in [-0.39, 0.29) is 29.2 Å². The number of aromatic amines is 1. The van der Waals surface area contributed by atoms with Crippen LogP contribution in [0.4, 0.5) is 0 Å². The first-order chi connectivity index (χ1) is 9.33. The van der Waals surface area contributed by atoms with E-state index in [0.717, 1.165) is 6.20 Å². The van der Waals surface area contributed by atoms with Crippen molar-refractivity contribution in [3.05, 3.63) is 11.8 Å². The quantitative estimate of drug-likeness (QED) is 0.739. The van der Waals surface area contributed by atoms with E-state index in [9.17, 15) is 13.2 Å². The number of carbonyl (C=O) groups excluding carboxylic acids is 1. The Bertz CT molecular complexity index is 551. The van der Waals surface area contributed by atoms with Gasteiger partial charge in [-0.3, -0.25) is 5.10 Å². The fourth-order valence-electron chi connectivity index (χ4n) is 1.78. The van der Waals surface area contributed by atoms with Crippen molar-refractivity contribution < 1.29 is 17.9 Å². The van der Waals surface area contributed by atoms with Crippen LogP contribution in [0.2, 0.25) is 0 Å². The number of carbonyl (C=O) groups is 1. The first-order valence-electron chi connectivity index (χ1n) is 6.56. The van der Waals surface area contributed by atoms with Gasteiger partial charge in [-0.1, -0.05) is 20.8 Å². The number of hydrogen-bond donors (Lipinski definition) is 2. The first-order valence-corrected chi connectivity index (χ1v) is 8.04. The molecule has 7 nitrogen and oxygen atoms in total. The van der Waals surface area contributed by atoms with E-state index < -0.39 is 16.0 Å². The average Bonchev–Trinajstić information content (AvgIpc) is 2.86. The van der Waals surface area contributed by atoms with Crippen molar-refractivity contribution in [2.45, 2.75) is 45.2 Å². The number of hydrogen-bond acceptors (Lipinski definition) is 5. The maximum atomic E-state index is 12.3. The molecule has 0 bridgehead atoms. The molecule has 2 N–H and O–H groups in total. The molecule has 20 heavy (non-hydrogen) atoms. The summed E-state index contributed by atoms with van der Waals surface area (Å²) in [6, 6.07) is -0.210. The third kappa shape index (κ3) is 3.80. The van der Waals surface area contributed by atoms with Crippen LogP contribution in [0.1, 0.15) is 44.5 Å². The second kappa shape index (κ2) is 6.85. The molecule has 0 aliphatic rings. The summed E-state index contributed by atoms with van der Waals surface area (Å²) in [4.78, 5) is 11.7. The van der Waals surface area contributed by atoms with E-state index in [0.29, 0.717) is 6.42 Å². The highest BCUT2D eigenvalue weighted by molar-refractivity contribution is 7.89. The molecule has 0 amide bonds. The van der Waals surface area contributed by atoms with Crippen LogP contribution in [0.25, 0.3) is 0 Å². The second-order valence-electron chi connectivity index (χ2n) is 4.71. The minimum Gasteiger partial charge on any atom is -0.462 e. The number of ether oxygens (including phenoxy) is 1. The lowest BCUT2D eigenvalue weighted by molar-refractivity contribution is 0.0522. The Morgan fingerprint density at radius 1 is 1.45 bits per heavy atom. The Labute approximate surface area is 119 Å². The van der Waals surface area contributed by atoms with E-state index in [4.69, 9.17) is 4.74 Å². The molecule has 1 rings (SSSR count). The molecule has 1 aromatic rings. The Balaban J connectivity index is 3.05. The topological polar surface area (TPSA) is 101 Å². The molecule has 1 atom stereocenters. The van der Waals surface area contributed by atoms with Gasteiger partial charge in [0.05, 0.1) is 12.8 Å². The van der Waals surface area contributed by atoms with Crippen LogP contribution < -0.4 is 4.72 Å². The maximum Gasteiger partial charge on any atom is 0.342 e. The molecule has 8 heteroatoms. The predicted octanol–water partition coefficient (Wildman–Crippen LogP) is 1.30. The lowest BCUT2D eigenvalue weighted by Crippen LogP contribution is -2.38. The number of esters is 1. The highest BCUT2D eigenvalue weighted by Crippen LogP contribution is 2.16. The summed E-state index contributed by atoms with van der Waals surface area (Å²) < 4.78 is 32.0. The van der Waals surface area contributed by atoms with Crippen molar-refractivity contribution in [2.75, 3.05) is 6.61 Å². The van der Waals surface area contributed by atoms with Crippen LogP contribution in [0, 0.1) is 5.92 Å². The summed E-state index contributed by atoms with van der Waals surface area (Å²) >= 11 is 0. The van der Waals surface area contributed by atoms with Crippen LogP contribution in [-0.4, -0.2) is 37.2 Å². The largest absolute Gasteiger partial charge is 0.462 e. The Kier molecular flexibility index (Phi) is 5.70. The summed E-state index contributed by atoms with van der Waals surface area (Å²) in [5.41, 5.74) is -0.0852. The minimum absolute atomic E-state index is 0.0852. The third-order valence-electron chi connectivity index (χ3n) is 2.92. The van der Waals surface area contributed by atoms with Gasteiger partial charge in [-0.15, -0.1) is 0 Å². The van der Waals surface area contributed by atoms with Crippen molar-refractivity contribution in [1.82, 2.24) is 14.9 Å². The molecule has 114 valence electrons. The summed E-state index contributed by atoms with van der Waals surface area (Å²) in [7, 11) is -3.84. The van der Waals surface area contributed by atoms with Crippen LogP contribution in [-0.2, 0) is 14.8 Å². The van der Waals surface area contributed by atoms with Crippen molar-refractivity contribution in [3.8, 4) is 0 Å². The van der Waals surface area contributed by atoms with E-state index in [1.54, 1.807) is 6.92 Å². The van der Waals surface area contributed by atoms with E-state index in [2.05, 4.69) is 14.9 Å². The highest BCUT2D eigenvalue weighted by Gasteiger charge is 2.28. The molecule has 1 heterocycles. The number of sulfonamides is 1. The van der Waals surface area contributed by atoms with Crippen molar-refractivity contribution in [1.29, 1.82) is 0 Å². The molecular weight excluding hydrogens is 282 g/mol. The highest BCUT2D eigenvalue weighted by atomic mass is 32.2. The van der Waals surface area contributed by atoms with E-state index in [1.807, 2.05) is 20.8 Å². The lowest BCUT2D eigenvalue weighted by atomic mass is 10.0. The van der Waals surface area contributed by atoms with Gasteiger partial charge in [0, 0.05) is 6.04 Å². The molecule has 1 aromatic heterocycles. The van der Waals surface area contributed by atoms with Crippen molar-refractivity contribution >= 4 is 16.0 Å². The standard InChI is InChI=1S/C12H21N3O4S/c1-5-10(8(3)4)15-20(17,18)11-9(7-13-14-11)12(16)19-6-2/h7-8,10,15H,5-6H2,1-4H3,(H,13,14). The summed E-state index contributed by atoms with van der Waals surface area (Å²) in [5.74, 6) is -0.567. The number of rotatable bonds is 7. The molecule has 0 saturated carbocycles. The van der Waals surface area contributed by atoms with Gasteiger partial charge >= 0.3 is 5.97 Å². The number of H-pyrrole nitrogens is 1. The van der Waals surface area contributed by atoms with Crippen LogP contribution in [0.15, 0.2) is 11.2 Å². The first kappa shape index (κ1) is 16.6. The molecule has 0 aromatic carbocycles. The third-order valence-corrected chi connectivity index (χ3v) is 4.38. The van der Waals surface area contributed by atoms with Gasteiger partial charge in [-0.25, -0.2) is 17.9 Å². The van der Waals surface area contributed by atoms with Gasteiger partial charge in [-0.05, 0) is 19.3 Å². The fraction of sp³-hybridized carbons (Fsp3) is 0.667. The molecule has 1 unspecified atom stereocenters. The Morgan fingerprint density at radius 2 is 2.10 bits per heavy atom. The molecule has 0 aliphatic carbocycles. The van der Waals surface area contributed by atoms with E-state index in [1.165, 1.54) is 0 Å². The van der Waals surface area contributed by atoms with Gasteiger partial charge < -0.3 is 4.74 Å². The van der Waals surface area contributed by atoms with Crippen LogP contribution >= 0.6 is 0 Å². The number of nitrogens with zero attached hydrogens (tertiary/aromatic N) is 1. The molecule has 0 radical (unpaired) electrons. The predicted molar refractivity (Wildman–Crippen MR) is 73.8 cm³/mol. The number of nitrogens with one attached hydrogen (secondary N) is 2. The SMILES string of the molecule is CCOC(=O)c1cn[nH]c1S(=O)(=O)NC(CC)C(C)C. The number of aromatic nitrogens is 2. The van der Waals surface area contributed by atoms with Gasteiger partial charge in [0.1, 0.15) is 5.56 Å². The van der Waals surface area contributed by atoms with Gasteiger partial charge in [0.25, 0.3) is 10.0 Å². The molecule has 0 saturated heterocycles. The molecular formula is C12H21N3O4S. The van der Waals surface area contributed by atoms with Gasteiger partial charge in [-0.2, -0.15) is 5.10 Å². The molecule has 0 fully saturated rings. The van der Waals surface area contributed by atoms with Crippen molar-refractivity contribution in [3.63, 3.8) is 0 Å². The van der Waals surface area contributed by atoms with Crippen LogP contribution in [0.5, 0.6) is 0 Å². The van der Waals surface area contributed by atoms with Gasteiger partial charge in [0.2, 0.25) is 0 Å². The maximum absolute atomic E-state index is 12.3. The summed E-state index contributed by atoms with van der Waals surface area (Å²) in [6.45, 7) is 7.56. The van der Waals surface area contributed by atoms with E-state index >= 15 is 0 Å². The smallest absolute Gasteiger partial charge is 0.342 e. The molecule has 0 spiro atoms. The zero-order chi connectivity index (χ0) is 15.3. The Hall–Kier alpha value is -1.41. The lowest BCUT2D eigenvalue weighted by Gasteiger charge is -2.20. The Morgan fingerprint density at radius 3 is 2.60 bits per heavy atom. The average molecular weight is 303 g/mol. The van der Waals surface area contributed by atoms with Gasteiger partial charge in [0.15, 0.2) is 5.03 Å². The summed E-state index contributed by atoms with van der Waals surface area (Å²) in [6.07, 6.45) is 1.81. The monoisotopic (exact) mass is 303 g/mol. The minimum atomic E-state index is -3.84. The molecule has 0 aliphatic heterocycles. The zero-order valence-electron chi connectivity index (χ0n) is 12.1. The zero-order valence-corrected chi connectivity index (χ0v) is 13.0. The fourth-order valence-corrected chi connectivity index (χ4v) is 3.34. The van der Waals surface area contributed by atoms with Crippen LogP contribution in [0.3, 0.4) is 0 Å². The normalized spacial score (nSPS) is 13.4. The second-order valence-corrected chi connectivity index (χ2v) is 6.36.